The molecule has 0 radical (unpaired) electrons. The number of benzene rings is 1. The van der Waals surface area contributed by atoms with Gasteiger partial charge in [-0.1, -0.05) is 13.0 Å². The molecule has 0 saturated heterocycles. The summed E-state index contributed by atoms with van der Waals surface area (Å²) in [4.78, 5) is 0.0582. The molecule has 0 unspecified atom stereocenters. The van der Waals surface area contributed by atoms with Crippen molar-refractivity contribution in [2.45, 2.75) is 31.2 Å². The van der Waals surface area contributed by atoms with Crippen molar-refractivity contribution in [3.63, 3.8) is 0 Å². The second-order valence-electron chi connectivity index (χ2n) is 4.58. The minimum absolute atomic E-state index is 0.0582. The molecular weight excluding hydrogens is 310 g/mol. The minimum atomic E-state index is -3.86. The van der Waals surface area contributed by atoms with Crippen molar-refractivity contribution >= 4 is 30.6 Å². The molecule has 0 aliphatic carbocycles. The third-order valence-electron chi connectivity index (χ3n) is 3.05. The normalized spacial score (nSPS) is 11.5. The van der Waals surface area contributed by atoms with E-state index in [0.717, 1.165) is 11.9 Å². The molecule has 21 heavy (non-hydrogen) atoms. The Morgan fingerprint density at radius 3 is 2.81 bits per heavy atom. The summed E-state index contributed by atoms with van der Waals surface area (Å²) in [5.74, 6) is 3.06. The van der Waals surface area contributed by atoms with Crippen molar-refractivity contribution in [2.24, 2.45) is 0 Å². The topological polar surface area (TPSA) is 48.3 Å². The van der Waals surface area contributed by atoms with Gasteiger partial charge in [0.1, 0.15) is 10.6 Å². The van der Waals surface area contributed by atoms with E-state index in [2.05, 4.69) is 5.92 Å². The van der Waals surface area contributed by atoms with Crippen molar-refractivity contribution in [1.29, 1.82) is 0 Å². The van der Waals surface area contributed by atoms with Crippen LogP contribution in [0.5, 0.6) is 5.75 Å². The van der Waals surface area contributed by atoms with Gasteiger partial charge in [-0.3, -0.25) is 0 Å². The molecule has 6 heteroatoms. The highest BCUT2D eigenvalue weighted by Crippen LogP contribution is 2.35. The van der Waals surface area contributed by atoms with Crippen LogP contribution in [-0.4, -0.2) is 19.6 Å². The Bertz CT molecular complexity index is 787. The summed E-state index contributed by atoms with van der Waals surface area (Å²) in [6, 6.07) is 5.40. The lowest BCUT2D eigenvalue weighted by atomic mass is 10.2. The van der Waals surface area contributed by atoms with Crippen LogP contribution in [0.15, 0.2) is 29.3 Å². The Balaban J connectivity index is 2.67. The summed E-state index contributed by atoms with van der Waals surface area (Å²) >= 11 is 0. The summed E-state index contributed by atoms with van der Waals surface area (Å²) in [7, 11) is 1.69. The number of aryl methyl sites for hydroxylation is 1. The van der Waals surface area contributed by atoms with E-state index in [-0.39, 0.29) is 4.90 Å². The lowest BCUT2D eigenvalue weighted by molar-refractivity contribution is 0.321. The van der Waals surface area contributed by atoms with Crippen LogP contribution in [0.4, 0.5) is 0 Å². The number of halogens is 1. The zero-order valence-electron chi connectivity index (χ0n) is 11.7. The fourth-order valence-electron chi connectivity index (χ4n) is 2.17. The zero-order valence-corrected chi connectivity index (χ0v) is 13.2. The van der Waals surface area contributed by atoms with E-state index in [0.29, 0.717) is 30.7 Å². The molecule has 0 amide bonds. The highest BCUT2D eigenvalue weighted by atomic mass is 35.7. The van der Waals surface area contributed by atoms with Gasteiger partial charge in [-0.15, -0.1) is 12.3 Å². The first-order valence-corrected chi connectivity index (χ1v) is 8.92. The largest absolute Gasteiger partial charge is 0.493 e. The van der Waals surface area contributed by atoms with Crippen LogP contribution < -0.4 is 4.74 Å². The molecule has 0 aliphatic heterocycles. The molecule has 112 valence electrons. The first kappa shape index (κ1) is 15.7. The number of hydrogen-bond acceptors (Lipinski definition) is 3. The van der Waals surface area contributed by atoms with Crippen molar-refractivity contribution < 1.29 is 13.2 Å². The minimum Gasteiger partial charge on any atom is -0.493 e. The predicted octanol–water partition coefficient (Wildman–Crippen LogP) is 3.38. The summed E-state index contributed by atoms with van der Waals surface area (Å²) in [5.41, 5.74) is 0.748. The standard InChI is InChI=1S/C15H16ClNO3S/c1-3-5-9-17-11-14(21(16,18)19)15-12(17)7-6-8-13(15)20-10-4-2/h1,6-8,11H,4-5,9-10H2,2H3. The molecule has 1 aromatic carbocycles. The first-order chi connectivity index (χ1) is 9.99. The van der Waals surface area contributed by atoms with Crippen LogP contribution in [0, 0.1) is 12.3 Å². The van der Waals surface area contributed by atoms with Crippen molar-refractivity contribution in [3.8, 4) is 18.1 Å². The molecule has 0 fully saturated rings. The van der Waals surface area contributed by atoms with Crippen molar-refractivity contribution in [1.82, 2.24) is 4.57 Å². The maximum absolute atomic E-state index is 11.8. The predicted molar refractivity (Wildman–Crippen MR) is 84.2 cm³/mol. The molecule has 1 heterocycles. The second-order valence-corrected chi connectivity index (χ2v) is 7.11. The summed E-state index contributed by atoms with van der Waals surface area (Å²) in [6.45, 7) is 3.02. The van der Waals surface area contributed by atoms with Gasteiger partial charge in [0.2, 0.25) is 0 Å². The molecule has 4 nitrogen and oxygen atoms in total. The molecule has 1 aromatic heterocycles. The summed E-state index contributed by atoms with van der Waals surface area (Å²) < 4.78 is 31.1. The van der Waals surface area contributed by atoms with Crippen LogP contribution in [0.25, 0.3) is 10.9 Å². The van der Waals surface area contributed by atoms with Gasteiger partial charge in [0.05, 0.1) is 17.5 Å². The SMILES string of the molecule is C#CCCn1cc(S(=O)(=O)Cl)c2c(OCCC)cccc21. The van der Waals surface area contributed by atoms with Gasteiger partial charge < -0.3 is 9.30 Å². The molecule has 0 saturated carbocycles. The van der Waals surface area contributed by atoms with Gasteiger partial charge in [-0.25, -0.2) is 8.42 Å². The first-order valence-electron chi connectivity index (χ1n) is 6.61. The average molecular weight is 326 g/mol. The lowest BCUT2D eigenvalue weighted by Gasteiger charge is -2.08. The molecule has 0 aliphatic rings. The number of nitrogens with zero attached hydrogens (tertiary/aromatic N) is 1. The van der Waals surface area contributed by atoms with Crippen molar-refractivity contribution in [2.75, 3.05) is 6.61 Å². The van der Waals surface area contributed by atoms with Gasteiger partial charge in [0.15, 0.2) is 0 Å². The molecule has 0 N–H and O–H groups in total. The summed E-state index contributed by atoms with van der Waals surface area (Å²) in [5, 5.41) is 0.512. The lowest BCUT2D eigenvalue weighted by Crippen LogP contribution is -1.97. The van der Waals surface area contributed by atoms with Crippen LogP contribution in [0.3, 0.4) is 0 Å². The van der Waals surface area contributed by atoms with Crippen LogP contribution in [0.2, 0.25) is 0 Å². The zero-order chi connectivity index (χ0) is 15.5. The van der Waals surface area contributed by atoms with Gasteiger partial charge in [-0.2, -0.15) is 0 Å². The third kappa shape index (κ3) is 3.34. The Morgan fingerprint density at radius 2 is 2.19 bits per heavy atom. The number of hydrogen-bond donors (Lipinski definition) is 0. The highest BCUT2D eigenvalue weighted by molar-refractivity contribution is 8.14. The van der Waals surface area contributed by atoms with Crippen LogP contribution >= 0.6 is 10.7 Å². The Labute approximate surface area is 129 Å². The Kier molecular flexibility index (Phi) is 4.81. The molecule has 0 spiro atoms. The van der Waals surface area contributed by atoms with E-state index < -0.39 is 9.05 Å². The third-order valence-corrected chi connectivity index (χ3v) is 4.39. The van der Waals surface area contributed by atoms with Gasteiger partial charge in [-0.05, 0) is 18.6 Å². The smallest absolute Gasteiger partial charge is 0.263 e. The number of rotatable bonds is 6. The second kappa shape index (κ2) is 6.42. The monoisotopic (exact) mass is 325 g/mol. The Hall–Kier alpha value is -1.64. The van der Waals surface area contributed by atoms with E-state index in [1.807, 2.05) is 19.1 Å². The highest BCUT2D eigenvalue weighted by Gasteiger charge is 2.21. The molecule has 0 bridgehead atoms. The van der Waals surface area contributed by atoms with Gasteiger partial charge in [0.25, 0.3) is 9.05 Å². The van der Waals surface area contributed by atoms with E-state index >= 15 is 0 Å². The van der Waals surface area contributed by atoms with Crippen LogP contribution in [-0.2, 0) is 15.6 Å². The van der Waals surface area contributed by atoms with E-state index in [4.69, 9.17) is 21.8 Å². The maximum Gasteiger partial charge on any atom is 0.263 e. The van der Waals surface area contributed by atoms with E-state index in [1.54, 1.807) is 10.6 Å². The molecular formula is C15H16ClNO3S. The van der Waals surface area contributed by atoms with Crippen LogP contribution in [0.1, 0.15) is 19.8 Å². The maximum atomic E-state index is 11.8. The van der Waals surface area contributed by atoms with Crippen molar-refractivity contribution in [3.05, 3.63) is 24.4 Å². The van der Waals surface area contributed by atoms with E-state index in [1.165, 1.54) is 6.20 Å². The average Bonchev–Trinajstić information content (AvgIpc) is 2.82. The fourth-order valence-corrected chi connectivity index (χ4v) is 3.22. The molecule has 2 aromatic rings. The number of ether oxygens (including phenoxy) is 1. The van der Waals surface area contributed by atoms with Gasteiger partial charge in [0, 0.05) is 29.8 Å². The van der Waals surface area contributed by atoms with E-state index in [9.17, 15) is 8.42 Å². The Morgan fingerprint density at radius 1 is 1.43 bits per heavy atom. The quantitative estimate of drug-likeness (QED) is 0.604. The number of fused-ring (bicyclic) bond motifs is 1. The van der Waals surface area contributed by atoms with Gasteiger partial charge >= 0.3 is 0 Å². The molecule has 2 rings (SSSR count). The molecule has 0 atom stereocenters. The number of terminal acetylenes is 1. The fraction of sp³-hybridized carbons (Fsp3) is 0.333. The number of aromatic nitrogens is 1. The summed E-state index contributed by atoms with van der Waals surface area (Å²) in [6.07, 6.45) is 8.13.